The van der Waals surface area contributed by atoms with E-state index in [0.717, 1.165) is 44.2 Å². The van der Waals surface area contributed by atoms with Crippen LogP contribution in [-0.2, 0) is 4.74 Å². The molecule has 1 saturated carbocycles. The molecule has 0 N–H and O–H groups in total. The Hall–Kier alpha value is -2.71. The second-order valence-electron chi connectivity index (χ2n) is 11.9. The van der Waals surface area contributed by atoms with Crippen molar-refractivity contribution in [1.82, 2.24) is 0 Å². The fourth-order valence-electron chi connectivity index (χ4n) is 5.05. The van der Waals surface area contributed by atoms with Crippen LogP contribution in [0.3, 0.4) is 0 Å². The molecule has 0 amide bonds. The fraction of sp³-hybridized carbons (Fsp3) is 0.750. The molecular formula is C28H26F20O2. The number of carbonyl (C=O) groups is 1. The molecule has 0 heterocycles. The highest BCUT2D eigenvalue weighted by atomic mass is 19.4. The minimum absolute atomic E-state index is 0.151. The predicted octanol–water partition coefficient (Wildman–Crippen LogP) is 11.6. The number of rotatable bonds is 15. The molecule has 0 saturated heterocycles. The van der Waals surface area contributed by atoms with Crippen molar-refractivity contribution in [3.05, 3.63) is 35.4 Å². The third-order valence-electron chi connectivity index (χ3n) is 8.33. The SMILES string of the molecule is CCCCC1CCC(c2ccc(C(=O)OC(F)(F)C(F)(F)C(F)(F)C(F)(F)C(F)(F)C(F)(F)C(F)(F)C(F)(F)C(F)(F)C(C)(F)F)cc2)CC1. The summed E-state index contributed by atoms with van der Waals surface area (Å²) in [7, 11) is 0. The number of hydrogen-bond donors (Lipinski definition) is 0. The summed E-state index contributed by atoms with van der Waals surface area (Å²) < 4.78 is 278. The highest BCUT2D eigenvalue weighted by Gasteiger charge is 2.97. The summed E-state index contributed by atoms with van der Waals surface area (Å²) in [4.78, 5) is 12.0. The Morgan fingerprint density at radius 1 is 0.580 bits per heavy atom. The van der Waals surface area contributed by atoms with Crippen LogP contribution in [0.15, 0.2) is 24.3 Å². The number of carbonyl (C=O) groups excluding carboxylic acids is 1. The van der Waals surface area contributed by atoms with Crippen molar-refractivity contribution in [2.75, 3.05) is 0 Å². The molecule has 1 aromatic rings. The van der Waals surface area contributed by atoms with Gasteiger partial charge in [-0.25, -0.2) is 4.79 Å². The maximum atomic E-state index is 14.2. The quantitative estimate of drug-likeness (QED) is 0.131. The zero-order valence-electron chi connectivity index (χ0n) is 25.3. The highest BCUT2D eigenvalue weighted by molar-refractivity contribution is 5.89. The van der Waals surface area contributed by atoms with Gasteiger partial charge >= 0.3 is 65.4 Å². The summed E-state index contributed by atoms with van der Waals surface area (Å²) in [6, 6.07) is 3.36. The second kappa shape index (κ2) is 13.4. The van der Waals surface area contributed by atoms with Gasteiger partial charge in [-0.1, -0.05) is 38.3 Å². The molecule has 1 aromatic carbocycles. The minimum atomic E-state index is -9.15. The van der Waals surface area contributed by atoms with Gasteiger partial charge in [0.1, 0.15) is 0 Å². The number of ether oxygens (including phenoxy) is 1. The van der Waals surface area contributed by atoms with Gasteiger partial charge in [0.25, 0.3) is 0 Å². The van der Waals surface area contributed by atoms with Crippen LogP contribution in [0.4, 0.5) is 87.8 Å². The van der Waals surface area contributed by atoms with Crippen molar-refractivity contribution in [2.45, 2.75) is 124 Å². The first-order valence-electron chi connectivity index (χ1n) is 14.3. The van der Waals surface area contributed by atoms with Gasteiger partial charge in [-0.2, -0.15) is 87.8 Å². The summed E-state index contributed by atoms with van der Waals surface area (Å²) in [5.74, 6) is -78.7. The first kappa shape index (κ1) is 43.5. The van der Waals surface area contributed by atoms with Crippen LogP contribution in [0.1, 0.15) is 80.6 Å². The van der Waals surface area contributed by atoms with E-state index in [1.165, 1.54) is 0 Å². The van der Waals surface area contributed by atoms with E-state index in [9.17, 15) is 92.6 Å². The lowest BCUT2D eigenvalue weighted by molar-refractivity contribution is -0.477. The summed E-state index contributed by atoms with van der Waals surface area (Å²) in [5, 5.41) is 0. The molecule has 50 heavy (non-hydrogen) atoms. The van der Waals surface area contributed by atoms with Gasteiger partial charge in [-0.15, -0.1) is 0 Å². The van der Waals surface area contributed by atoms with Crippen molar-refractivity contribution < 1.29 is 97.3 Å². The molecule has 290 valence electrons. The lowest BCUT2D eigenvalue weighted by Gasteiger charge is -2.44. The summed E-state index contributed by atoms with van der Waals surface area (Å²) in [5.41, 5.74) is -0.715. The molecule has 0 unspecified atom stereocenters. The summed E-state index contributed by atoms with van der Waals surface area (Å²) in [6.45, 7) is 0.609. The van der Waals surface area contributed by atoms with Gasteiger partial charge in [-0.3, -0.25) is 0 Å². The van der Waals surface area contributed by atoms with E-state index in [-0.39, 0.29) is 5.92 Å². The average Bonchev–Trinajstić information content (AvgIpc) is 2.98. The Morgan fingerprint density at radius 3 is 1.30 bits per heavy atom. The standard InChI is InChI=1S/C28H26F20O2/c1-3-4-5-14-6-8-15(9-7-14)16-10-12-17(13-11-16)18(49)50-28(47,48)27(45,46)26(43,44)25(41,42)24(39,40)23(37,38)22(35,36)21(33,34)20(31,32)19(2,29)30/h10-15H,3-9H2,1-2H3. The predicted molar refractivity (Wildman–Crippen MR) is 131 cm³/mol. The Bertz CT molecular complexity index is 1330. The van der Waals surface area contributed by atoms with E-state index in [1.54, 1.807) is 0 Å². The van der Waals surface area contributed by atoms with Gasteiger partial charge < -0.3 is 4.74 Å². The molecule has 0 atom stereocenters. The monoisotopic (exact) mass is 774 g/mol. The zero-order valence-corrected chi connectivity index (χ0v) is 25.3. The van der Waals surface area contributed by atoms with Crippen molar-refractivity contribution in [3.63, 3.8) is 0 Å². The molecule has 0 bridgehead atoms. The topological polar surface area (TPSA) is 26.3 Å². The number of unbranched alkanes of at least 4 members (excludes halogenated alkanes) is 1. The lowest BCUT2D eigenvalue weighted by Crippen LogP contribution is -2.77. The van der Waals surface area contributed by atoms with Crippen LogP contribution in [0.25, 0.3) is 0 Å². The summed E-state index contributed by atoms with van der Waals surface area (Å²) >= 11 is 0. The second-order valence-corrected chi connectivity index (χ2v) is 11.9. The Labute approximate surface area is 269 Å². The van der Waals surface area contributed by atoms with Crippen molar-refractivity contribution in [2.24, 2.45) is 5.92 Å². The molecule has 0 aromatic heterocycles. The van der Waals surface area contributed by atoms with E-state index in [0.29, 0.717) is 36.5 Å². The van der Waals surface area contributed by atoms with Gasteiger partial charge in [0, 0.05) is 6.92 Å². The Morgan fingerprint density at radius 2 is 0.940 bits per heavy atom. The van der Waals surface area contributed by atoms with Gasteiger partial charge in [0.05, 0.1) is 5.56 Å². The molecule has 1 aliphatic carbocycles. The van der Waals surface area contributed by atoms with E-state index in [1.807, 2.05) is 6.92 Å². The fourth-order valence-corrected chi connectivity index (χ4v) is 5.05. The molecule has 0 aliphatic heterocycles. The van der Waals surface area contributed by atoms with Gasteiger partial charge in [0.15, 0.2) is 0 Å². The molecule has 2 nitrogen and oxygen atoms in total. The number of hydrogen-bond acceptors (Lipinski definition) is 2. The van der Waals surface area contributed by atoms with E-state index in [4.69, 9.17) is 0 Å². The third-order valence-corrected chi connectivity index (χ3v) is 8.33. The number of halogens is 20. The molecule has 22 heteroatoms. The van der Waals surface area contributed by atoms with E-state index < -0.39 is 77.9 Å². The minimum Gasteiger partial charge on any atom is -0.392 e. The third kappa shape index (κ3) is 6.68. The van der Waals surface area contributed by atoms with Crippen LogP contribution in [0, 0.1) is 5.92 Å². The maximum absolute atomic E-state index is 14.2. The molecular weight excluding hydrogens is 748 g/mol. The van der Waals surface area contributed by atoms with Crippen LogP contribution in [0.5, 0.6) is 0 Å². The van der Waals surface area contributed by atoms with Gasteiger partial charge in [-0.05, 0) is 55.2 Å². The Kier molecular flexibility index (Phi) is 11.6. The molecule has 0 spiro atoms. The van der Waals surface area contributed by atoms with E-state index in [2.05, 4.69) is 4.74 Å². The molecule has 1 fully saturated rings. The molecule has 2 rings (SSSR count). The smallest absolute Gasteiger partial charge is 0.392 e. The first-order chi connectivity index (χ1) is 22.1. The highest BCUT2D eigenvalue weighted by Crippen LogP contribution is 2.66. The van der Waals surface area contributed by atoms with E-state index >= 15 is 0 Å². The molecule has 0 radical (unpaired) electrons. The van der Waals surface area contributed by atoms with Crippen molar-refractivity contribution >= 4 is 5.97 Å². The van der Waals surface area contributed by atoms with Crippen LogP contribution < -0.4 is 0 Å². The van der Waals surface area contributed by atoms with Crippen LogP contribution >= 0.6 is 0 Å². The van der Waals surface area contributed by atoms with Crippen LogP contribution in [-0.4, -0.2) is 65.4 Å². The van der Waals surface area contributed by atoms with Crippen molar-refractivity contribution in [3.8, 4) is 0 Å². The summed E-state index contributed by atoms with van der Waals surface area (Å²) in [6.07, 6.45) is -1.73. The number of esters is 1. The lowest BCUT2D eigenvalue weighted by atomic mass is 9.77. The first-order valence-corrected chi connectivity index (χ1v) is 14.3. The normalized spacial score (nSPS) is 19.8. The maximum Gasteiger partial charge on any atom is 0.473 e. The molecule has 1 aliphatic rings. The largest absolute Gasteiger partial charge is 0.473 e. The van der Waals surface area contributed by atoms with Crippen molar-refractivity contribution in [1.29, 1.82) is 0 Å². The number of alkyl halides is 20. The van der Waals surface area contributed by atoms with Crippen LogP contribution in [0.2, 0.25) is 0 Å². The number of benzene rings is 1. The van der Waals surface area contributed by atoms with Gasteiger partial charge in [0.2, 0.25) is 0 Å². The zero-order chi connectivity index (χ0) is 39.4. The average molecular weight is 774 g/mol. The Balaban J connectivity index is 2.39.